The molecule has 0 radical (unpaired) electrons. The molecule has 1 aliphatic rings. The SMILES string of the molecule is CNc1nccc(NC2CCC(C)C(C)C2)n1. The quantitative estimate of drug-likeness (QED) is 0.844. The molecule has 1 fully saturated rings. The highest BCUT2D eigenvalue weighted by Gasteiger charge is 2.24. The highest BCUT2D eigenvalue weighted by Crippen LogP contribution is 2.30. The summed E-state index contributed by atoms with van der Waals surface area (Å²) in [6, 6.07) is 2.49. The number of rotatable bonds is 3. The van der Waals surface area contributed by atoms with Crippen LogP contribution in [-0.2, 0) is 0 Å². The summed E-state index contributed by atoms with van der Waals surface area (Å²) in [5.74, 6) is 3.25. The lowest BCUT2D eigenvalue weighted by Gasteiger charge is -2.32. The van der Waals surface area contributed by atoms with Crippen LogP contribution in [0.5, 0.6) is 0 Å². The Bertz CT molecular complexity index is 366. The van der Waals surface area contributed by atoms with E-state index in [1.807, 2.05) is 13.1 Å². The average molecular weight is 234 g/mol. The molecule has 3 unspecified atom stereocenters. The van der Waals surface area contributed by atoms with E-state index >= 15 is 0 Å². The molecule has 0 saturated heterocycles. The molecule has 4 heteroatoms. The molecule has 1 aromatic heterocycles. The lowest BCUT2D eigenvalue weighted by atomic mass is 9.79. The molecule has 0 spiro atoms. The molecule has 0 amide bonds. The third kappa shape index (κ3) is 3.08. The Morgan fingerprint density at radius 1 is 1.24 bits per heavy atom. The molecule has 94 valence electrons. The van der Waals surface area contributed by atoms with Gasteiger partial charge >= 0.3 is 0 Å². The third-order valence-electron chi connectivity index (χ3n) is 3.83. The first kappa shape index (κ1) is 12.1. The summed E-state index contributed by atoms with van der Waals surface area (Å²) in [7, 11) is 1.84. The van der Waals surface area contributed by atoms with Crippen LogP contribution in [0.1, 0.15) is 33.1 Å². The first-order valence-corrected chi connectivity index (χ1v) is 6.46. The van der Waals surface area contributed by atoms with Crippen molar-refractivity contribution in [2.75, 3.05) is 17.7 Å². The van der Waals surface area contributed by atoms with Crippen molar-refractivity contribution >= 4 is 11.8 Å². The number of hydrogen-bond acceptors (Lipinski definition) is 4. The van der Waals surface area contributed by atoms with Crippen LogP contribution in [-0.4, -0.2) is 23.1 Å². The van der Waals surface area contributed by atoms with Crippen LogP contribution in [0, 0.1) is 11.8 Å². The standard InChI is InChI=1S/C13H22N4/c1-9-4-5-11(8-10(9)2)16-12-6-7-15-13(14-3)17-12/h6-7,9-11H,4-5,8H2,1-3H3,(H2,14,15,16,17). The number of nitrogens with zero attached hydrogens (tertiary/aromatic N) is 2. The summed E-state index contributed by atoms with van der Waals surface area (Å²) in [6.45, 7) is 4.70. The van der Waals surface area contributed by atoms with E-state index in [4.69, 9.17) is 0 Å². The first-order chi connectivity index (χ1) is 8.19. The molecule has 2 rings (SSSR count). The van der Waals surface area contributed by atoms with Crippen molar-refractivity contribution in [1.82, 2.24) is 9.97 Å². The lowest BCUT2D eigenvalue weighted by Crippen LogP contribution is -2.30. The van der Waals surface area contributed by atoms with E-state index in [1.54, 1.807) is 6.20 Å². The summed E-state index contributed by atoms with van der Waals surface area (Å²) in [5, 5.41) is 6.47. The molecule has 1 aromatic rings. The van der Waals surface area contributed by atoms with E-state index in [1.165, 1.54) is 19.3 Å². The molecular formula is C13H22N4. The summed E-state index contributed by atoms with van der Waals surface area (Å²) in [4.78, 5) is 8.51. The van der Waals surface area contributed by atoms with Crippen LogP contribution in [0.2, 0.25) is 0 Å². The summed E-state index contributed by atoms with van der Waals surface area (Å²) >= 11 is 0. The van der Waals surface area contributed by atoms with Gasteiger partial charge in [0.15, 0.2) is 0 Å². The van der Waals surface area contributed by atoms with E-state index in [2.05, 4.69) is 34.4 Å². The van der Waals surface area contributed by atoms with Gasteiger partial charge in [0.25, 0.3) is 0 Å². The molecule has 1 saturated carbocycles. The van der Waals surface area contributed by atoms with Gasteiger partial charge in [0.1, 0.15) is 5.82 Å². The van der Waals surface area contributed by atoms with Gasteiger partial charge in [-0.05, 0) is 37.2 Å². The summed E-state index contributed by atoms with van der Waals surface area (Å²) < 4.78 is 0. The van der Waals surface area contributed by atoms with Crippen molar-refractivity contribution < 1.29 is 0 Å². The van der Waals surface area contributed by atoms with Crippen molar-refractivity contribution in [2.24, 2.45) is 11.8 Å². The van der Waals surface area contributed by atoms with E-state index in [0.717, 1.165) is 17.7 Å². The molecule has 3 atom stereocenters. The summed E-state index contributed by atoms with van der Waals surface area (Å²) in [5.41, 5.74) is 0. The minimum atomic E-state index is 0.556. The van der Waals surface area contributed by atoms with Crippen LogP contribution in [0.25, 0.3) is 0 Å². The molecule has 0 aromatic carbocycles. The maximum Gasteiger partial charge on any atom is 0.224 e. The second-order valence-electron chi connectivity index (χ2n) is 5.12. The number of nitrogens with one attached hydrogen (secondary N) is 2. The molecule has 4 nitrogen and oxygen atoms in total. The number of anilines is 2. The summed E-state index contributed by atoms with van der Waals surface area (Å²) in [6.07, 6.45) is 5.57. The van der Waals surface area contributed by atoms with Crippen molar-refractivity contribution in [1.29, 1.82) is 0 Å². The van der Waals surface area contributed by atoms with Crippen molar-refractivity contribution in [3.8, 4) is 0 Å². The predicted octanol–water partition coefficient (Wildman–Crippen LogP) is 2.75. The fourth-order valence-corrected chi connectivity index (χ4v) is 2.45. The van der Waals surface area contributed by atoms with Gasteiger partial charge in [-0.1, -0.05) is 13.8 Å². The topological polar surface area (TPSA) is 49.8 Å². The molecule has 0 aliphatic heterocycles. The average Bonchev–Trinajstić information content (AvgIpc) is 2.34. The Kier molecular flexibility index (Phi) is 3.82. The number of aromatic nitrogens is 2. The number of hydrogen-bond donors (Lipinski definition) is 2. The fourth-order valence-electron chi connectivity index (χ4n) is 2.45. The van der Waals surface area contributed by atoms with E-state index in [9.17, 15) is 0 Å². The van der Waals surface area contributed by atoms with Gasteiger partial charge in [0, 0.05) is 19.3 Å². The molecular weight excluding hydrogens is 212 g/mol. The molecule has 17 heavy (non-hydrogen) atoms. The van der Waals surface area contributed by atoms with Gasteiger partial charge in [-0.25, -0.2) is 4.98 Å². The van der Waals surface area contributed by atoms with Crippen LogP contribution in [0.3, 0.4) is 0 Å². The minimum Gasteiger partial charge on any atom is -0.367 e. The van der Waals surface area contributed by atoms with Crippen LogP contribution >= 0.6 is 0 Å². The van der Waals surface area contributed by atoms with Crippen LogP contribution in [0.4, 0.5) is 11.8 Å². The Labute approximate surface area is 103 Å². The van der Waals surface area contributed by atoms with Crippen LogP contribution < -0.4 is 10.6 Å². The third-order valence-corrected chi connectivity index (χ3v) is 3.83. The zero-order valence-electron chi connectivity index (χ0n) is 10.9. The Balaban J connectivity index is 1.96. The first-order valence-electron chi connectivity index (χ1n) is 6.46. The normalized spacial score (nSPS) is 28.8. The van der Waals surface area contributed by atoms with Gasteiger partial charge in [-0.2, -0.15) is 4.98 Å². The largest absolute Gasteiger partial charge is 0.367 e. The second kappa shape index (κ2) is 5.34. The second-order valence-corrected chi connectivity index (χ2v) is 5.12. The van der Waals surface area contributed by atoms with Gasteiger partial charge in [0.05, 0.1) is 0 Å². The molecule has 0 bridgehead atoms. The van der Waals surface area contributed by atoms with E-state index in [0.29, 0.717) is 12.0 Å². The van der Waals surface area contributed by atoms with Gasteiger partial charge in [-0.15, -0.1) is 0 Å². The minimum absolute atomic E-state index is 0.556. The monoisotopic (exact) mass is 234 g/mol. The Morgan fingerprint density at radius 2 is 2.06 bits per heavy atom. The van der Waals surface area contributed by atoms with Crippen molar-refractivity contribution in [2.45, 2.75) is 39.2 Å². The van der Waals surface area contributed by atoms with Gasteiger partial charge < -0.3 is 10.6 Å². The van der Waals surface area contributed by atoms with Crippen molar-refractivity contribution in [3.05, 3.63) is 12.3 Å². The molecule has 1 aliphatic carbocycles. The zero-order valence-corrected chi connectivity index (χ0v) is 10.9. The highest BCUT2D eigenvalue weighted by atomic mass is 15.1. The van der Waals surface area contributed by atoms with E-state index in [-0.39, 0.29) is 0 Å². The maximum absolute atomic E-state index is 4.40. The smallest absolute Gasteiger partial charge is 0.224 e. The van der Waals surface area contributed by atoms with Crippen LogP contribution in [0.15, 0.2) is 12.3 Å². The van der Waals surface area contributed by atoms with Crippen molar-refractivity contribution in [3.63, 3.8) is 0 Å². The lowest BCUT2D eigenvalue weighted by molar-refractivity contribution is 0.260. The predicted molar refractivity (Wildman–Crippen MR) is 71.2 cm³/mol. The Hall–Kier alpha value is -1.32. The van der Waals surface area contributed by atoms with Gasteiger partial charge in [0.2, 0.25) is 5.95 Å². The maximum atomic E-state index is 4.40. The van der Waals surface area contributed by atoms with E-state index < -0.39 is 0 Å². The molecule has 2 N–H and O–H groups in total. The van der Waals surface area contributed by atoms with Gasteiger partial charge in [-0.3, -0.25) is 0 Å². The zero-order chi connectivity index (χ0) is 12.3. The molecule has 1 heterocycles. The highest BCUT2D eigenvalue weighted by molar-refractivity contribution is 5.40. The Morgan fingerprint density at radius 3 is 2.76 bits per heavy atom. The fraction of sp³-hybridized carbons (Fsp3) is 0.692.